The number of benzene rings is 1. The molecule has 1 aromatic rings. The third-order valence-corrected chi connectivity index (χ3v) is 5.82. The molecular weight excluding hydrogens is 351 g/mol. The van der Waals surface area contributed by atoms with E-state index in [2.05, 4.69) is 10.6 Å². The zero-order valence-electron chi connectivity index (χ0n) is 15.4. The Balaban J connectivity index is 1.69. The van der Waals surface area contributed by atoms with Gasteiger partial charge >= 0.3 is 0 Å². The van der Waals surface area contributed by atoms with Crippen LogP contribution in [0.3, 0.4) is 0 Å². The third-order valence-electron chi connectivity index (χ3n) is 5.82. The standard InChI is InChI=1S/C19H23FN4O3/c1-10-9-21-7-8-23(10)13-4-3-12-16(17(13)20)11(2)24(19(12)27)14-5-6-15(25)22-18(14)26/h3-4,10-11,14,21H,5-9H2,1-2H3,(H,22,25,26). The molecule has 3 aliphatic rings. The molecule has 0 saturated carbocycles. The number of fused-ring (bicyclic) bond motifs is 1. The number of halogens is 1. The Morgan fingerprint density at radius 1 is 1.19 bits per heavy atom. The van der Waals surface area contributed by atoms with Gasteiger partial charge in [-0.15, -0.1) is 0 Å². The lowest BCUT2D eigenvalue weighted by atomic mass is 10.0. The summed E-state index contributed by atoms with van der Waals surface area (Å²) in [6.45, 7) is 6.01. The Hall–Kier alpha value is -2.48. The molecule has 7 nitrogen and oxygen atoms in total. The van der Waals surface area contributed by atoms with E-state index in [1.807, 2.05) is 11.8 Å². The van der Waals surface area contributed by atoms with Crippen molar-refractivity contribution < 1.29 is 18.8 Å². The lowest BCUT2D eigenvalue weighted by Crippen LogP contribution is -2.53. The van der Waals surface area contributed by atoms with Gasteiger partial charge in [0.05, 0.1) is 11.7 Å². The SMILES string of the molecule is CC1CNCCN1c1ccc2c(c1F)C(C)N(C1CCC(=O)NC1=O)C2=O. The fourth-order valence-electron chi connectivity index (χ4n) is 4.41. The van der Waals surface area contributed by atoms with Crippen molar-refractivity contribution in [1.29, 1.82) is 0 Å². The largest absolute Gasteiger partial charge is 0.364 e. The molecule has 2 fully saturated rings. The van der Waals surface area contributed by atoms with Crippen LogP contribution in [0.1, 0.15) is 48.7 Å². The number of rotatable bonds is 2. The predicted molar refractivity (Wildman–Crippen MR) is 96.8 cm³/mol. The molecule has 4 rings (SSSR count). The molecule has 0 spiro atoms. The van der Waals surface area contributed by atoms with Gasteiger partial charge in [0.1, 0.15) is 6.04 Å². The van der Waals surface area contributed by atoms with Gasteiger partial charge in [0.2, 0.25) is 11.8 Å². The van der Waals surface area contributed by atoms with Gasteiger partial charge in [-0.25, -0.2) is 4.39 Å². The highest BCUT2D eigenvalue weighted by atomic mass is 19.1. The minimum absolute atomic E-state index is 0.143. The molecule has 2 saturated heterocycles. The normalized spacial score (nSPS) is 28.4. The topological polar surface area (TPSA) is 81.8 Å². The smallest absolute Gasteiger partial charge is 0.255 e. The van der Waals surface area contributed by atoms with Crippen molar-refractivity contribution in [3.8, 4) is 0 Å². The Bertz CT molecular complexity index is 827. The second-order valence-corrected chi connectivity index (χ2v) is 7.46. The number of anilines is 1. The molecule has 144 valence electrons. The van der Waals surface area contributed by atoms with Gasteiger partial charge in [0, 0.05) is 43.2 Å². The fourth-order valence-corrected chi connectivity index (χ4v) is 4.41. The van der Waals surface area contributed by atoms with E-state index in [1.54, 1.807) is 19.1 Å². The summed E-state index contributed by atoms with van der Waals surface area (Å²) < 4.78 is 15.5. The highest BCUT2D eigenvalue weighted by Crippen LogP contribution is 2.41. The van der Waals surface area contributed by atoms with E-state index in [-0.39, 0.29) is 30.7 Å². The van der Waals surface area contributed by atoms with Crippen LogP contribution in [0, 0.1) is 5.82 Å². The van der Waals surface area contributed by atoms with Crippen LogP contribution in [0.2, 0.25) is 0 Å². The molecule has 8 heteroatoms. The molecule has 1 aromatic carbocycles. The molecule has 3 aliphatic heterocycles. The maximum absolute atomic E-state index is 15.5. The van der Waals surface area contributed by atoms with E-state index in [4.69, 9.17) is 0 Å². The van der Waals surface area contributed by atoms with Gasteiger partial charge in [-0.1, -0.05) is 0 Å². The number of carbonyl (C=O) groups is 3. The average molecular weight is 374 g/mol. The maximum Gasteiger partial charge on any atom is 0.255 e. The summed E-state index contributed by atoms with van der Waals surface area (Å²) in [7, 11) is 0. The average Bonchev–Trinajstić information content (AvgIpc) is 2.88. The minimum atomic E-state index is -0.751. The maximum atomic E-state index is 15.5. The van der Waals surface area contributed by atoms with Gasteiger partial charge in [0.25, 0.3) is 5.91 Å². The summed E-state index contributed by atoms with van der Waals surface area (Å²) in [5, 5.41) is 5.56. The molecule has 0 aliphatic carbocycles. The van der Waals surface area contributed by atoms with Crippen LogP contribution in [-0.2, 0) is 9.59 Å². The zero-order chi connectivity index (χ0) is 19.3. The lowest BCUT2D eigenvalue weighted by Gasteiger charge is -2.36. The van der Waals surface area contributed by atoms with Crippen LogP contribution in [0.25, 0.3) is 0 Å². The van der Waals surface area contributed by atoms with Crippen LogP contribution in [0.15, 0.2) is 12.1 Å². The molecule has 3 unspecified atom stereocenters. The Kier molecular flexibility index (Phi) is 4.38. The van der Waals surface area contributed by atoms with Gasteiger partial charge in [-0.2, -0.15) is 0 Å². The van der Waals surface area contributed by atoms with Gasteiger partial charge < -0.3 is 15.1 Å². The van der Waals surface area contributed by atoms with Crippen molar-refractivity contribution in [2.45, 2.75) is 44.8 Å². The lowest BCUT2D eigenvalue weighted by molar-refractivity contribution is -0.137. The summed E-state index contributed by atoms with van der Waals surface area (Å²) in [4.78, 5) is 40.0. The Morgan fingerprint density at radius 3 is 2.67 bits per heavy atom. The Morgan fingerprint density at radius 2 is 1.96 bits per heavy atom. The third kappa shape index (κ3) is 2.79. The molecule has 0 radical (unpaired) electrons. The van der Waals surface area contributed by atoms with Crippen LogP contribution >= 0.6 is 0 Å². The quantitative estimate of drug-likeness (QED) is 0.754. The fraction of sp³-hybridized carbons (Fsp3) is 0.526. The number of amides is 3. The van der Waals surface area contributed by atoms with E-state index in [0.29, 0.717) is 23.4 Å². The minimum Gasteiger partial charge on any atom is -0.364 e. The molecule has 27 heavy (non-hydrogen) atoms. The van der Waals surface area contributed by atoms with E-state index in [1.165, 1.54) is 4.90 Å². The molecule has 0 bridgehead atoms. The van der Waals surface area contributed by atoms with Gasteiger partial charge in [0.15, 0.2) is 5.82 Å². The van der Waals surface area contributed by atoms with E-state index in [9.17, 15) is 14.4 Å². The molecular formula is C19H23FN4O3. The second kappa shape index (κ2) is 6.60. The first kappa shape index (κ1) is 17.9. The van der Waals surface area contributed by atoms with Gasteiger partial charge in [-0.3, -0.25) is 19.7 Å². The van der Waals surface area contributed by atoms with Crippen LogP contribution in [0.4, 0.5) is 10.1 Å². The van der Waals surface area contributed by atoms with E-state index in [0.717, 1.165) is 13.1 Å². The number of nitrogens with one attached hydrogen (secondary N) is 2. The van der Waals surface area contributed by atoms with Crippen LogP contribution < -0.4 is 15.5 Å². The highest BCUT2D eigenvalue weighted by molar-refractivity contribution is 6.06. The summed E-state index contributed by atoms with van der Waals surface area (Å²) in [5.41, 5.74) is 1.14. The summed E-state index contributed by atoms with van der Waals surface area (Å²) in [5.74, 6) is -1.58. The highest BCUT2D eigenvalue weighted by Gasteiger charge is 2.45. The monoisotopic (exact) mass is 374 g/mol. The molecule has 0 aromatic heterocycles. The number of piperidine rings is 1. The number of hydrogen-bond acceptors (Lipinski definition) is 5. The van der Waals surface area contributed by atoms with Crippen molar-refractivity contribution in [3.05, 3.63) is 29.1 Å². The summed E-state index contributed by atoms with van der Waals surface area (Å²) >= 11 is 0. The summed E-state index contributed by atoms with van der Waals surface area (Å²) in [6, 6.07) is 2.15. The molecule has 3 heterocycles. The van der Waals surface area contributed by atoms with Crippen molar-refractivity contribution in [2.24, 2.45) is 0 Å². The molecule has 3 amide bonds. The predicted octanol–water partition coefficient (Wildman–Crippen LogP) is 0.946. The van der Waals surface area contributed by atoms with E-state index < -0.39 is 23.8 Å². The van der Waals surface area contributed by atoms with Crippen molar-refractivity contribution in [1.82, 2.24) is 15.5 Å². The number of nitrogens with zero attached hydrogens (tertiary/aromatic N) is 2. The van der Waals surface area contributed by atoms with Crippen LogP contribution in [0.5, 0.6) is 0 Å². The van der Waals surface area contributed by atoms with Crippen molar-refractivity contribution in [3.63, 3.8) is 0 Å². The number of hydrogen-bond donors (Lipinski definition) is 2. The molecule has 3 atom stereocenters. The Labute approximate surface area is 156 Å². The zero-order valence-corrected chi connectivity index (χ0v) is 15.4. The van der Waals surface area contributed by atoms with Gasteiger partial charge in [-0.05, 0) is 32.4 Å². The first-order valence-electron chi connectivity index (χ1n) is 9.36. The second-order valence-electron chi connectivity index (χ2n) is 7.46. The number of imide groups is 1. The van der Waals surface area contributed by atoms with Crippen molar-refractivity contribution in [2.75, 3.05) is 24.5 Å². The molecule has 2 N–H and O–H groups in total. The van der Waals surface area contributed by atoms with E-state index >= 15 is 4.39 Å². The van der Waals surface area contributed by atoms with Crippen LogP contribution in [-0.4, -0.2) is 54.3 Å². The summed E-state index contributed by atoms with van der Waals surface area (Å²) in [6.07, 6.45) is 0.438. The first-order valence-corrected chi connectivity index (χ1v) is 9.36. The number of piperazine rings is 1. The van der Waals surface area contributed by atoms with Crippen molar-refractivity contribution >= 4 is 23.4 Å². The first-order chi connectivity index (χ1) is 12.9. The number of carbonyl (C=O) groups excluding carboxylic acids is 3.